The number of guanidine groups is 1. The molecule has 1 unspecified atom stereocenters. The normalized spacial score (nSPS) is 16.8. The van der Waals surface area contributed by atoms with Gasteiger partial charge in [-0.15, -0.1) is 0 Å². The Morgan fingerprint density at radius 3 is 2.69 bits per heavy atom. The fourth-order valence-electron chi connectivity index (χ4n) is 3.78. The Balaban J connectivity index is 1.58. The molecule has 0 radical (unpaired) electrons. The van der Waals surface area contributed by atoms with Crippen molar-refractivity contribution in [3.8, 4) is 5.69 Å². The van der Waals surface area contributed by atoms with Gasteiger partial charge in [0.1, 0.15) is 0 Å². The van der Waals surface area contributed by atoms with Crippen molar-refractivity contribution in [2.45, 2.75) is 32.9 Å². The molecule has 2 heterocycles. The quantitative estimate of drug-likeness (QED) is 0.528. The maximum absolute atomic E-state index is 5.53. The van der Waals surface area contributed by atoms with E-state index in [9.17, 15) is 0 Å². The van der Waals surface area contributed by atoms with E-state index in [0.29, 0.717) is 18.5 Å². The first kappa shape index (κ1) is 21.3. The second kappa shape index (κ2) is 11.0. The number of nitrogens with zero attached hydrogens (tertiary/aromatic N) is 4. The summed E-state index contributed by atoms with van der Waals surface area (Å²) in [5.41, 5.74) is 2.32. The van der Waals surface area contributed by atoms with Crippen LogP contribution in [0.15, 0.2) is 48.0 Å². The van der Waals surface area contributed by atoms with Crippen molar-refractivity contribution in [1.82, 2.24) is 25.1 Å². The van der Waals surface area contributed by atoms with Crippen molar-refractivity contribution in [2.75, 3.05) is 39.9 Å². The van der Waals surface area contributed by atoms with Gasteiger partial charge >= 0.3 is 0 Å². The third kappa shape index (κ3) is 6.30. The Labute approximate surface area is 174 Å². The zero-order chi connectivity index (χ0) is 20.5. The molecule has 0 bridgehead atoms. The summed E-state index contributed by atoms with van der Waals surface area (Å²) in [6, 6.07) is 8.82. The van der Waals surface area contributed by atoms with Crippen LogP contribution in [0.1, 0.15) is 25.8 Å². The van der Waals surface area contributed by atoms with Crippen molar-refractivity contribution in [2.24, 2.45) is 10.9 Å². The molecule has 1 aliphatic heterocycles. The van der Waals surface area contributed by atoms with Gasteiger partial charge in [0.15, 0.2) is 5.96 Å². The minimum absolute atomic E-state index is 0.482. The van der Waals surface area contributed by atoms with Gasteiger partial charge in [0.2, 0.25) is 0 Å². The molecule has 1 aromatic heterocycles. The molecule has 2 N–H and O–H groups in total. The number of rotatable bonds is 8. The molecule has 0 spiro atoms. The molecule has 1 saturated heterocycles. The molecule has 7 nitrogen and oxygen atoms in total. The highest BCUT2D eigenvalue weighted by atomic mass is 16.5. The van der Waals surface area contributed by atoms with Crippen LogP contribution in [-0.4, -0.2) is 66.3 Å². The van der Waals surface area contributed by atoms with Gasteiger partial charge in [0.25, 0.3) is 0 Å². The van der Waals surface area contributed by atoms with Crippen molar-refractivity contribution in [3.05, 3.63) is 48.5 Å². The van der Waals surface area contributed by atoms with E-state index < -0.39 is 0 Å². The molecule has 3 rings (SSSR count). The van der Waals surface area contributed by atoms with Crippen molar-refractivity contribution in [3.63, 3.8) is 0 Å². The minimum atomic E-state index is 0.482. The van der Waals surface area contributed by atoms with Crippen LogP contribution in [0, 0.1) is 5.92 Å². The highest BCUT2D eigenvalue weighted by molar-refractivity contribution is 5.79. The van der Waals surface area contributed by atoms with E-state index in [-0.39, 0.29) is 0 Å². The number of nitrogens with one attached hydrogen (secondary N) is 2. The summed E-state index contributed by atoms with van der Waals surface area (Å²) in [6.45, 7) is 9.80. The lowest BCUT2D eigenvalue weighted by Crippen LogP contribution is -2.51. The van der Waals surface area contributed by atoms with Crippen LogP contribution >= 0.6 is 0 Å². The number of hydrogen-bond acceptors (Lipinski definition) is 4. The molecule has 158 valence electrons. The van der Waals surface area contributed by atoms with E-state index in [4.69, 9.17) is 4.74 Å². The van der Waals surface area contributed by atoms with Gasteiger partial charge in [-0.05, 0) is 24.0 Å². The van der Waals surface area contributed by atoms with Crippen LogP contribution in [0.5, 0.6) is 0 Å². The molecular formula is C22H34N6O. The van der Waals surface area contributed by atoms with Gasteiger partial charge in [-0.2, -0.15) is 0 Å². The smallest absolute Gasteiger partial charge is 0.191 e. The fourth-order valence-corrected chi connectivity index (χ4v) is 3.78. The first-order chi connectivity index (χ1) is 14.2. The molecule has 0 aliphatic carbocycles. The van der Waals surface area contributed by atoms with Gasteiger partial charge in [0, 0.05) is 51.7 Å². The number of benzene rings is 1. The van der Waals surface area contributed by atoms with E-state index >= 15 is 0 Å². The average molecular weight is 399 g/mol. The SMILES string of the molecule is CN=C(NCc1ccccc1-n1ccnc1)NCC(CC(C)C)N1CCOCC1. The number of hydrogen-bond donors (Lipinski definition) is 2. The third-order valence-corrected chi connectivity index (χ3v) is 5.25. The Hall–Kier alpha value is -2.38. The van der Waals surface area contributed by atoms with Crippen LogP contribution in [-0.2, 0) is 11.3 Å². The number of aliphatic imine (C=N–C) groups is 1. The summed E-state index contributed by atoms with van der Waals surface area (Å²) < 4.78 is 7.56. The van der Waals surface area contributed by atoms with Gasteiger partial charge in [-0.1, -0.05) is 32.0 Å². The van der Waals surface area contributed by atoms with Gasteiger partial charge in [0.05, 0.1) is 25.2 Å². The molecule has 2 aromatic rings. The van der Waals surface area contributed by atoms with Crippen molar-refractivity contribution in [1.29, 1.82) is 0 Å². The van der Waals surface area contributed by atoms with E-state index in [1.54, 1.807) is 6.20 Å². The lowest BCUT2D eigenvalue weighted by atomic mass is 10.0. The third-order valence-electron chi connectivity index (χ3n) is 5.25. The van der Waals surface area contributed by atoms with E-state index in [1.165, 1.54) is 5.56 Å². The van der Waals surface area contributed by atoms with Crippen molar-refractivity contribution < 1.29 is 4.74 Å². The second-order valence-electron chi connectivity index (χ2n) is 7.84. The van der Waals surface area contributed by atoms with Crippen LogP contribution < -0.4 is 10.6 Å². The molecular weight excluding hydrogens is 364 g/mol. The van der Waals surface area contributed by atoms with Crippen LogP contribution in [0.4, 0.5) is 0 Å². The largest absolute Gasteiger partial charge is 0.379 e. The number of para-hydroxylation sites is 1. The van der Waals surface area contributed by atoms with E-state index in [1.807, 2.05) is 30.2 Å². The number of imidazole rings is 1. The molecule has 0 saturated carbocycles. The maximum atomic E-state index is 5.53. The highest BCUT2D eigenvalue weighted by Gasteiger charge is 2.22. The summed E-state index contributed by atoms with van der Waals surface area (Å²) in [5.74, 6) is 1.48. The minimum Gasteiger partial charge on any atom is -0.379 e. The average Bonchev–Trinajstić information content (AvgIpc) is 3.28. The Morgan fingerprint density at radius 2 is 2.00 bits per heavy atom. The molecule has 0 amide bonds. The summed E-state index contributed by atoms with van der Waals surface area (Å²) in [5, 5.41) is 7.00. The summed E-state index contributed by atoms with van der Waals surface area (Å²) in [7, 11) is 1.82. The first-order valence-electron chi connectivity index (χ1n) is 10.5. The Morgan fingerprint density at radius 1 is 1.21 bits per heavy atom. The molecule has 1 aliphatic rings. The molecule has 29 heavy (non-hydrogen) atoms. The lowest BCUT2D eigenvalue weighted by Gasteiger charge is -2.35. The summed E-state index contributed by atoms with van der Waals surface area (Å²) >= 11 is 0. The monoisotopic (exact) mass is 398 g/mol. The number of ether oxygens (including phenoxy) is 1. The summed E-state index contributed by atoms with van der Waals surface area (Å²) in [4.78, 5) is 11.1. The Kier molecular flexibility index (Phi) is 8.07. The van der Waals surface area contributed by atoms with Crippen molar-refractivity contribution >= 4 is 5.96 Å². The van der Waals surface area contributed by atoms with Gasteiger partial charge in [-0.25, -0.2) is 4.98 Å². The van der Waals surface area contributed by atoms with Crippen LogP contribution in [0.3, 0.4) is 0 Å². The van der Waals surface area contributed by atoms with Crippen LogP contribution in [0.25, 0.3) is 5.69 Å². The van der Waals surface area contributed by atoms with Gasteiger partial charge < -0.3 is 19.9 Å². The highest BCUT2D eigenvalue weighted by Crippen LogP contribution is 2.14. The summed E-state index contributed by atoms with van der Waals surface area (Å²) in [6.07, 6.45) is 6.74. The molecule has 1 atom stereocenters. The predicted molar refractivity (Wildman–Crippen MR) is 117 cm³/mol. The fraction of sp³-hybridized carbons (Fsp3) is 0.545. The number of aromatic nitrogens is 2. The van der Waals surface area contributed by atoms with E-state index in [0.717, 1.165) is 50.9 Å². The van der Waals surface area contributed by atoms with Gasteiger partial charge in [-0.3, -0.25) is 9.89 Å². The lowest BCUT2D eigenvalue weighted by molar-refractivity contribution is 0.0132. The zero-order valence-electron chi connectivity index (χ0n) is 17.8. The predicted octanol–water partition coefficient (Wildman–Crippen LogP) is 2.28. The first-order valence-corrected chi connectivity index (χ1v) is 10.5. The van der Waals surface area contributed by atoms with Crippen LogP contribution in [0.2, 0.25) is 0 Å². The number of morpholine rings is 1. The second-order valence-corrected chi connectivity index (χ2v) is 7.84. The standard InChI is InChI=1S/C22H34N6O/c1-18(2)14-20(27-10-12-29-13-11-27)16-26-22(23-3)25-15-19-6-4-5-7-21(19)28-9-8-24-17-28/h4-9,17-18,20H,10-16H2,1-3H3,(H2,23,25,26). The molecule has 1 fully saturated rings. The molecule has 7 heteroatoms. The topological polar surface area (TPSA) is 66.7 Å². The van der Waals surface area contributed by atoms with E-state index in [2.05, 4.69) is 57.6 Å². The Bertz CT molecular complexity index is 752. The molecule has 1 aromatic carbocycles. The maximum Gasteiger partial charge on any atom is 0.191 e. The zero-order valence-corrected chi connectivity index (χ0v) is 17.8.